The van der Waals surface area contributed by atoms with Crippen LogP contribution in [-0.2, 0) is 10.2 Å². The van der Waals surface area contributed by atoms with Crippen LogP contribution >= 0.6 is 0 Å². The van der Waals surface area contributed by atoms with Gasteiger partial charge in [-0.3, -0.25) is 4.72 Å². The fourth-order valence-electron chi connectivity index (χ4n) is 0.960. The normalized spacial score (nSPS) is 11.1. The lowest BCUT2D eigenvalue weighted by Crippen LogP contribution is -2.21. The van der Waals surface area contributed by atoms with Gasteiger partial charge in [-0.25, -0.2) is 5.14 Å². The van der Waals surface area contributed by atoms with Gasteiger partial charge in [0.2, 0.25) is 0 Å². The lowest BCUT2D eigenvalue weighted by atomic mass is 10.3. The summed E-state index contributed by atoms with van der Waals surface area (Å²) in [6.45, 7) is 0.846. The van der Waals surface area contributed by atoms with Gasteiger partial charge in [-0.2, -0.15) is 8.42 Å². The van der Waals surface area contributed by atoms with Crippen LogP contribution in [0.25, 0.3) is 0 Å². The van der Waals surface area contributed by atoms with Gasteiger partial charge in [0.25, 0.3) is 10.2 Å². The minimum absolute atomic E-state index is 0.387. The maximum Gasteiger partial charge on any atom is 0.296 e. The summed E-state index contributed by atoms with van der Waals surface area (Å²) in [7, 11) is -3.72. The van der Waals surface area contributed by atoms with Crippen molar-refractivity contribution in [3.05, 3.63) is 24.3 Å². The van der Waals surface area contributed by atoms with Crippen LogP contribution in [-0.4, -0.2) is 21.6 Å². The van der Waals surface area contributed by atoms with Crippen molar-refractivity contribution >= 4 is 15.9 Å². The summed E-state index contributed by atoms with van der Waals surface area (Å²) in [6.07, 6.45) is 0. The van der Waals surface area contributed by atoms with E-state index in [9.17, 15) is 8.42 Å². The molecular weight excluding hydrogens is 218 g/mol. The monoisotopic (exact) mass is 231 g/mol. The molecule has 0 aliphatic carbocycles. The number of ether oxygens (including phenoxy) is 1. The number of nitrogens with two attached hydrogens (primary N) is 2. The van der Waals surface area contributed by atoms with Gasteiger partial charge in [-0.05, 0) is 24.3 Å². The molecule has 1 aromatic rings. The second-order valence-electron chi connectivity index (χ2n) is 2.81. The van der Waals surface area contributed by atoms with Gasteiger partial charge < -0.3 is 10.5 Å². The molecule has 0 saturated carbocycles. The Morgan fingerprint density at radius 3 is 2.33 bits per heavy atom. The van der Waals surface area contributed by atoms with E-state index in [4.69, 9.17) is 15.6 Å². The highest BCUT2D eigenvalue weighted by atomic mass is 32.2. The van der Waals surface area contributed by atoms with Crippen LogP contribution in [0.15, 0.2) is 24.3 Å². The Morgan fingerprint density at radius 2 is 1.87 bits per heavy atom. The number of hydrogen-bond acceptors (Lipinski definition) is 4. The Labute approximate surface area is 88.4 Å². The topological polar surface area (TPSA) is 107 Å². The minimum atomic E-state index is -3.72. The zero-order chi connectivity index (χ0) is 11.3. The molecular formula is C8H13N3O3S. The second-order valence-corrected chi connectivity index (χ2v) is 4.10. The summed E-state index contributed by atoms with van der Waals surface area (Å²) in [5, 5.41) is 4.80. The quantitative estimate of drug-likeness (QED) is 0.643. The average Bonchev–Trinajstić information content (AvgIpc) is 2.14. The van der Waals surface area contributed by atoms with Crippen LogP contribution in [0.2, 0.25) is 0 Å². The fourth-order valence-corrected chi connectivity index (χ4v) is 1.42. The number of anilines is 1. The van der Waals surface area contributed by atoms with Crippen molar-refractivity contribution in [3.63, 3.8) is 0 Å². The van der Waals surface area contributed by atoms with Crippen molar-refractivity contribution in [2.75, 3.05) is 17.9 Å². The Balaban J connectivity index is 2.64. The van der Waals surface area contributed by atoms with E-state index in [1.54, 1.807) is 24.3 Å². The van der Waals surface area contributed by atoms with Crippen LogP contribution in [0.5, 0.6) is 5.75 Å². The average molecular weight is 231 g/mol. The van der Waals surface area contributed by atoms with Gasteiger partial charge in [-0.15, -0.1) is 0 Å². The van der Waals surface area contributed by atoms with Gasteiger partial charge in [0, 0.05) is 12.2 Å². The molecule has 0 aliphatic heterocycles. The van der Waals surface area contributed by atoms with Crippen LogP contribution in [0.3, 0.4) is 0 Å². The molecule has 7 heteroatoms. The van der Waals surface area contributed by atoms with Crippen molar-refractivity contribution in [2.45, 2.75) is 0 Å². The summed E-state index contributed by atoms with van der Waals surface area (Å²) in [6, 6.07) is 6.36. The highest BCUT2D eigenvalue weighted by molar-refractivity contribution is 7.90. The Kier molecular flexibility index (Phi) is 3.89. The highest BCUT2D eigenvalue weighted by Gasteiger charge is 2.01. The first-order chi connectivity index (χ1) is 7.01. The van der Waals surface area contributed by atoms with E-state index in [1.165, 1.54) is 0 Å². The van der Waals surface area contributed by atoms with Gasteiger partial charge >= 0.3 is 0 Å². The van der Waals surface area contributed by atoms with Crippen molar-refractivity contribution in [3.8, 4) is 5.75 Å². The Morgan fingerprint density at radius 1 is 1.27 bits per heavy atom. The van der Waals surface area contributed by atoms with E-state index in [2.05, 4.69) is 4.72 Å². The molecule has 0 amide bonds. The zero-order valence-corrected chi connectivity index (χ0v) is 8.83. The third kappa shape index (κ3) is 4.63. The van der Waals surface area contributed by atoms with E-state index < -0.39 is 10.2 Å². The van der Waals surface area contributed by atoms with Gasteiger partial charge in [-0.1, -0.05) is 0 Å². The van der Waals surface area contributed by atoms with E-state index in [0.717, 1.165) is 0 Å². The van der Waals surface area contributed by atoms with Crippen LogP contribution in [0, 0.1) is 0 Å². The molecule has 15 heavy (non-hydrogen) atoms. The smallest absolute Gasteiger partial charge is 0.296 e. The molecule has 0 heterocycles. The predicted octanol–water partition coefficient (Wildman–Crippen LogP) is -0.361. The maximum absolute atomic E-state index is 10.7. The molecule has 0 unspecified atom stereocenters. The number of rotatable bonds is 5. The standard InChI is InChI=1S/C8H13N3O3S/c9-5-6-14-8-3-1-7(2-4-8)11-15(10,12)13/h1-4,11H,5-6,9H2,(H2,10,12,13). The van der Waals surface area contributed by atoms with E-state index in [1.807, 2.05) is 0 Å². The number of benzene rings is 1. The molecule has 84 valence electrons. The summed E-state index contributed by atoms with van der Waals surface area (Å²) in [5.74, 6) is 0.625. The van der Waals surface area contributed by atoms with E-state index in [-0.39, 0.29) is 0 Å². The molecule has 1 rings (SSSR count). The first kappa shape index (κ1) is 11.8. The summed E-state index contributed by atoms with van der Waals surface area (Å²) < 4.78 is 28.7. The molecule has 0 saturated heterocycles. The summed E-state index contributed by atoms with van der Waals surface area (Å²) in [4.78, 5) is 0. The van der Waals surface area contributed by atoms with Crippen LogP contribution in [0.4, 0.5) is 5.69 Å². The third-order valence-corrected chi connectivity index (χ3v) is 2.02. The minimum Gasteiger partial charge on any atom is -0.492 e. The third-order valence-electron chi connectivity index (χ3n) is 1.50. The maximum atomic E-state index is 10.7. The van der Waals surface area contributed by atoms with E-state index in [0.29, 0.717) is 24.6 Å². The molecule has 0 atom stereocenters. The van der Waals surface area contributed by atoms with Gasteiger partial charge in [0.05, 0.1) is 0 Å². The molecule has 0 spiro atoms. The van der Waals surface area contributed by atoms with E-state index >= 15 is 0 Å². The van der Waals surface area contributed by atoms with Crippen molar-refractivity contribution in [2.24, 2.45) is 10.9 Å². The predicted molar refractivity (Wildman–Crippen MR) is 57.7 cm³/mol. The molecule has 6 nitrogen and oxygen atoms in total. The largest absolute Gasteiger partial charge is 0.492 e. The molecule has 0 aromatic heterocycles. The zero-order valence-electron chi connectivity index (χ0n) is 8.01. The fraction of sp³-hybridized carbons (Fsp3) is 0.250. The van der Waals surface area contributed by atoms with Crippen molar-refractivity contribution < 1.29 is 13.2 Å². The Bertz CT molecular complexity index is 402. The highest BCUT2D eigenvalue weighted by Crippen LogP contribution is 2.15. The second kappa shape index (κ2) is 4.96. The molecule has 0 bridgehead atoms. The first-order valence-corrected chi connectivity index (χ1v) is 5.79. The van der Waals surface area contributed by atoms with Gasteiger partial charge in [0.1, 0.15) is 12.4 Å². The van der Waals surface area contributed by atoms with Crippen LogP contribution < -0.4 is 20.3 Å². The van der Waals surface area contributed by atoms with Crippen molar-refractivity contribution in [1.29, 1.82) is 0 Å². The molecule has 0 fully saturated rings. The molecule has 1 aromatic carbocycles. The lowest BCUT2D eigenvalue weighted by molar-refractivity contribution is 0.328. The van der Waals surface area contributed by atoms with Gasteiger partial charge in [0.15, 0.2) is 0 Å². The Hall–Kier alpha value is -1.31. The summed E-state index contributed by atoms with van der Waals surface area (Å²) >= 11 is 0. The molecule has 5 N–H and O–H groups in total. The number of hydrogen-bond donors (Lipinski definition) is 3. The van der Waals surface area contributed by atoms with Crippen LogP contribution in [0.1, 0.15) is 0 Å². The van der Waals surface area contributed by atoms with Crippen molar-refractivity contribution in [1.82, 2.24) is 0 Å². The first-order valence-electron chi connectivity index (χ1n) is 4.25. The summed E-state index contributed by atoms with van der Waals surface area (Å²) in [5.41, 5.74) is 5.64. The molecule has 0 radical (unpaired) electrons. The lowest BCUT2D eigenvalue weighted by Gasteiger charge is -2.06. The number of nitrogens with one attached hydrogen (secondary N) is 1. The molecule has 0 aliphatic rings. The SMILES string of the molecule is NCCOc1ccc(NS(N)(=O)=O)cc1.